The van der Waals surface area contributed by atoms with E-state index in [4.69, 9.17) is 0 Å². The van der Waals surface area contributed by atoms with Crippen LogP contribution >= 0.6 is 0 Å². The van der Waals surface area contributed by atoms with Gasteiger partial charge in [-0.25, -0.2) is 4.79 Å². The molecule has 1 aliphatic rings. The van der Waals surface area contributed by atoms with E-state index >= 15 is 0 Å². The van der Waals surface area contributed by atoms with Crippen molar-refractivity contribution < 1.29 is 19.2 Å². The number of hydrogen-bond acceptors (Lipinski definition) is 4. The Balaban J connectivity index is 1.77. The van der Waals surface area contributed by atoms with E-state index in [1.165, 1.54) is 6.92 Å². The molecule has 1 aliphatic heterocycles. The molecule has 156 valence electrons. The van der Waals surface area contributed by atoms with Crippen molar-refractivity contribution in [3.05, 3.63) is 59.2 Å². The molecule has 0 aliphatic carbocycles. The van der Waals surface area contributed by atoms with Crippen LogP contribution in [-0.4, -0.2) is 40.7 Å². The number of benzene rings is 2. The van der Waals surface area contributed by atoms with Crippen molar-refractivity contribution in [2.75, 3.05) is 10.6 Å². The molecule has 0 bridgehead atoms. The summed E-state index contributed by atoms with van der Waals surface area (Å²) in [5.74, 6) is -1.54. The lowest BCUT2D eigenvalue weighted by Gasteiger charge is -2.22. The molecular weight excluding hydrogens is 384 g/mol. The third-order valence-corrected chi connectivity index (χ3v) is 4.69. The van der Waals surface area contributed by atoms with Gasteiger partial charge in [0.2, 0.25) is 5.91 Å². The second-order valence-electron chi connectivity index (χ2n) is 7.49. The minimum atomic E-state index is -1.03. The van der Waals surface area contributed by atoms with E-state index in [1.54, 1.807) is 42.5 Å². The van der Waals surface area contributed by atoms with Crippen LogP contribution in [0.1, 0.15) is 47.1 Å². The SMILES string of the molecule is Cc1ccc2c(c1)C(=O)N(C(C)C(=O)Nc1ccccc1NC(=O)NC(C)C)C2=O. The highest BCUT2D eigenvalue weighted by molar-refractivity contribution is 6.23. The van der Waals surface area contributed by atoms with E-state index in [-0.39, 0.29) is 11.6 Å². The Morgan fingerprint density at radius 1 is 0.867 bits per heavy atom. The summed E-state index contributed by atoms with van der Waals surface area (Å²) >= 11 is 0. The summed E-state index contributed by atoms with van der Waals surface area (Å²) in [5.41, 5.74) is 2.20. The predicted octanol–water partition coefficient (Wildman–Crippen LogP) is 3.15. The lowest BCUT2D eigenvalue weighted by atomic mass is 10.1. The average Bonchev–Trinajstić information content (AvgIpc) is 2.92. The Hall–Kier alpha value is -3.68. The molecule has 0 saturated carbocycles. The third kappa shape index (κ3) is 4.17. The van der Waals surface area contributed by atoms with Gasteiger partial charge >= 0.3 is 6.03 Å². The van der Waals surface area contributed by atoms with Crippen LogP contribution < -0.4 is 16.0 Å². The first kappa shape index (κ1) is 21.0. The second-order valence-corrected chi connectivity index (χ2v) is 7.49. The number of nitrogens with one attached hydrogen (secondary N) is 3. The van der Waals surface area contributed by atoms with Crippen LogP contribution in [0.4, 0.5) is 16.2 Å². The van der Waals surface area contributed by atoms with Gasteiger partial charge < -0.3 is 16.0 Å². The molecule has 2 aromatic rings. The fraction of sp³-hybridized carbons (Fsp3) is 0.273. The van der Waals surface area contributed by atoms with Gasteiger partial charge in [0.1, 0.15) is 6.04 Å². The molecular formula is C22H24N4O4. The molecule has 8 heteroatoms. The number of urea groups is 1. The van der Waals surface area contributed by atoms with Crippen LogP contribution in [0.25, 0.3) is 0 Å². The minimum absolute atomic E-state index is 0.0516. The lowest BCUT2D eigenvalue weighted by Crippen LogP contribution is -2.45. The van der Waals surface area contributed by atoms with Crippen molar-refractivity contribution in [3.8, 4) is 0 Å². The number of imide groups is 1. The van der Waals surface area contributed by atoms with Crippen LogP contribution in [-0.2, 0) is 4.79 Å². The number of para-hydroxylation sites is 2. The van der Waals surface area contributed by atoms with Crippen molar-refractivity contribution in [2.24, 2.45) is 0 Å². The number of carbonyl (C=O) groups is 4. The number of nitrogens with zero attached hydrogens (tertiary/aromatic N) is 1. The van der Waals surface area contributed by atoms with Gasteiger partial charge in [-0.15, -0.1) is 0 Å². The van der Waals surface area contributed by atoms with E-state index in [9.17, 15) is 19.2 Å². The van der Waals surface area contributed by atoms with Crippen LogP contribution in [0, 0.1) is 6.92 Å². The van der Waals surface area contributed by atoms with Gasteiger partial charge in [0.05, 0.1) is 22.5 Å². The Bertz CT molecular complexity index is 1030. The molecule has 0 radical (unpaired) electrons. The first-order chi connectivity index (χ1) is 14.2. The Kier molecular flexibility index (Phi) is 5.86. The lowest BCUT2D eigenvalue weighted by molar-refractivity contribution is -0.119. The highest BCUT2D eigenvalue weighted by Crippen LogP contribution is 2.27. The zero-order chi connectivity index (χ0) is 22.0. The number of rotatable bonds is 5. The summed E-state index contributed by atoms with van der Waals surface area (Å²) in [6, 6.07) is 10.2. The largest absolute Gasteiger partial charge is 0.336 e. The number of aryl methyl sites for hydroxylation is 1. The summed E-state index contributed by atoms with van der Waals surface area (Å²) in [4.78, 5) is 51.2. The molecule has 5 amide bonds. The van der Waals surface area contributed by atoms with Gasteiger partial charge in [-0.1, -0.05) is 23.8 Å². The fourth-order valence-corrected chi connectivity index (χ4v) is 3.20. The molecule has 0 fully saturated rings. The molecule has 1 atom stereocenters. The predicted molar refractivity (Wildman–Crippen MR) is 114 cm³/mol. The fourth-order valence-electron chi connectivity index (χ4n) is 3.20. The number of carbonyl (C=O) groups excluding carboxylic acids is 4. The molecule has 1 unspecified atom stereocenters. The van der Waals surface area contributed by atoms with Crippen molar-refractivity contribution in [1.29, 1.82) is 0 Å². The van der Waals surface area contributed by atoms with Gasteiger partial charge in [0.25, 0.3) is 11.8 Å². The number of anilines is 2. The highest BCUT2D eigenvalue weighted by Gasteiger charge is 2.40. The van der Waals surface area contributed by atoms with Gasteiger partial charge in [0, 0.05) is 6.04 Å². The molecule has 1 heterocycles. The summed E-state index contributed by atoms with van der Waals surface area (Å²) < 4.78 is 0. The van der Waals surface area contributed by atoms with Crippen LogP contribution in [0.2, 0.25) is 0 Å². The Morgan fingerprint density at radius 3 is 2.10 bits per heavy atom. The monoisotopic (exact) mass is 408 g/mol. The van der Waals surface area contributed by atoms with Gasteiger partial charge in [-0.3, -0.25) is 19.3 Å². The number of hydrogen-bond donors (Lipinski definition) is 3. The first-order valence-corrected chi connectivity index (χ1v) is 9.65. The number of fused-ring (bicyclic) bond motifs is 1. The van der Waals surface area contributed by atoms with Crippen LogP contribution in [0.3, 0.4) is 0 Å². The molecule has 0 spiro atoms. The van der Waals surface area contributed by atoms with Gasteiger partial charge in [-0.2, -0.15) is 0 Å². The van der Waals surface area contributed by atoms with Crippen molar-refractivity contribution in [3.63, 3.8) is 0 Å². The van der Waals surface area contributed by atoms with Gasteiger partial charge in [0.15, 0.2) is 0 Å². The molecule has 3 rings (SSSR count). The van der Waals surface area contributed by atoms with Crippen molar-refractivity contribution in [1.82, 2.24) is 10.2 Å². The van der Waals surface area contributed by atoms with Crippen LogP contribution in [0.5, 0.6) is 0 Å². The minimum Gasteiger partial charge on any atom is -0.336 e. The van der Waals surface area contributed by atoms with E-state index in [2.05, 4.69) is 16.0 Å². The van der Waals surface area contributed by atoms with E-state index in [0.29, 0.717) is 16.9 Å². The Labute approximate surface area is 174 Å². The highest BCUT2D eigenvalue weighted by atomic mass is 16.2. The molecule has 3 N–H and O–H groups in total. The molecule has 0 saturated heterocycles. The molecule has 30 heavy (non-hydrogen) atoms. The Morgan fingerprint density at radius 2 is 1.47 bits per heavy atom. The zero-order valence-electron chi connectivity index (χ0n) is 17.3. The van der Waals surface area contributed by atoms with E-state index in [1.807, 2.05) is 20.8 Å². The van der Waals surface area contributed by atoms with Gasteiger partial charge in [-0.05, 0) is 52.0 Å². The van der Waals surface area contributed by atoms with Crippen molar-refractivity contribution >= 4 is 35.1 Å². The quantitative estimate of drug-likeness (QED) is 0.661. The summed E-state index contributed by atoms with van der Waals surface area (Å²) in [6.45, 7) is 6.98. The van der Waals surface area contributed by atoms with Crippen molar-refractivity contribution in [2.45, 2.75) is 39.8 Å². The summed E-state index contributed by atoms with van der Waals surface area (Å²) in [5, 5.41) is 8.08. The average molecular weight is 408 g/mol. The maximum Gasteiger partial charge on any atom is 0.319 e. The topological polar surface area (TPSA) is 108 Å². The third-order valence-electron chi connectivity index (χ3n) is 4.69. The normalized spacial score (nSPS) is 13.8. The number of amides is 5. The standard InChI is InChI=1S/C22H24N4O4/c1-12(2)23-22(30)25-18-8-6-5-7-17(18)24-19(27)14(4)26-20(28)15-10-9-13(3)11-16(15)21(26)29/h5-12,14H,1-4H3,(H,24,27)(H2,23,25,30). The van der Waals surface area contributed by atoms with E-state index in [0.717, 1.165) is 10.5 Å². The molecule has 8 nitrogen and oxygen atoms in total. The zero-order valence-corrected chi connectivity index (χ0v) is 17.3. The summed E-state index contributed by atoms with van der Waals surface area (Å²) in [6.07, 6.45) is 0. The molecule has 2 aromatic carbocycles. The maximum absolute atomic E-state index is 12.8. The second kappa shape index (κ2) is 8.36. The summed E-state index contributed by atoms with van der Waals surface area (Å²) in [7, 11) is 0. The van der Waals surface area contributed by atoms with E-state index < -0.39 is 29.8 Å². The molecule has 0 aromatic heterocycles. The van der Waals surface area contributed by atoms with Crippen LogP contribution in [0.15, 0.2) is 42.5 Å². The maximum atomic E-state index is 12.8. The first-order valence-electron chi connectivity index (χ1n) is 9.65. The smallest absolute Gasteiger partial charge is 0.319 e.